The summed E-state index contributed by atoms with van der Waals surface area (Å²) in [4.78, 5) is 40.8. The molecule has 1 amide bonds. The minimum atomic E-state index is -1.65. The van der Waals surface area contributed by atoms with Crippen LogP contribution in [0.3, 0.4) is 0 Å². The predicted molar refractivity (Wildman–Crippen MR) is 171 cm³/mol. The second-order valence-corrected chi connectivity index (χ2v) is 12.5. The van der Waals surface area contributed by atoms with Crippen molar-refractivity contribution in [2.75, 3.05) is 36.5 Å². The van der Waals surface area contributed by atoms with Crippen molar-refractivity contribution >= 4 is 28.3 Å². The molecule has 9 nitrogen and oxygen atoms in total. The molecule has 2 aromatic carbocycles. The fraction of sp³-hybridized carbons (Fsp3) is 0.353. The maximum absolute atomic E-state index is 17.4. The van der Waals surface area contributed by atoms with Gasteiger partial charge in [0.15, 0.2) is 23.3 Å². The van der Waals surface area contributed by atoms with Gasteiger partial charge in [-0.25, -0.2) is 22.4 Å². The Kier molecular flexibility index (Phi) is 7.97. The lowest BCUT2D eigenvalue weighted by molar-refractivity contribution is -0.127. The molecule has 1 fully saturated rings. The zero-order valence-corrected chi connectivity index (χ0v) is 26.6. The molecule has 4 aromatic rings. The van der Waals surface area contributed by atoms with Gasteiger partial charge >= 0.3 is 5.69 Å². The summed E-state index contributed by atoms with van der Waals surface area (Å²) < 4.78 is 65.3. The highest BCUT2D eigenvalue weighted by molar-refractivity contribution is 6.05. The van der Waals surface area contributed by atoms with Crippen LogP contribution in [-0.4, -0.2) is 69.2 Å². The number of rotatable bonds is 4. The minimum Gasteiger partial charge on any atom is -0.507 e. The van der Waals surface area contributed by atoms with Gasteiger partial charge < -0.3 is 19.8 Å². The number of hydrogen-bond donors (Lipinski definition) is 1. The number of carbonyl (C=O) groups is 1. The Morgan fingerprint density at radius 1 is 1.06 bits per heavy atom. The first-order valence-electron chi connectivity index (χ1n) is 15.3. The SMILES string of the molecule is C=CC(=O)N1CC(C)N2c3nc(=O)n(-c4c(C)ccnc4C(C)C)c4c(F)c(-c5c(O)ccc(F)c5F)c(F)c(c34)N(C)CCC2C1. The maximum Gasteiger partial charge on any atom is 0.354 e. The first-order chi connectivity index (χ1) is 22.3. The van der Waals surface area contributed by atoms with Gasteiger partial charge in [-0.15, -0.1) is 0 Å². The van der Waals surface area contributed by atoms with Crippen LogP contribution >= 0.6 is 0 Å². The number of piperazine rings is 1. The van der Waals surface area contributed by atoms with E-state index in [4.69, 9.17) is 0 Å². The van der Waals surface area contributed by atoms with Gasteiger partial charge in [0.25, 0.3) is 0 Å². The summed E-state index contributed by atoms with van der Waals surface area (Å²) in [5, 5.41) is 10.6. The molecule has 2 aromatic heterocycles. The lowest BCUT2D eigenvalue weighted by Crippen LogP contribution is -2.60. The highest BCUT2D eigenvalue weighted by Crippen LogP contribution is 2.48. The van der Waals surface area contributed by atoms with Gasteiger partial charge in [-0.3, -0.25) is 14.3 Å². The molecule has 2 aliphatic heterocycles. The van der Waals surface area contributed by atoms with E-state index in [1.165, 1.54) is 11.0 Å². The molecule has 4 heterocycles. The number of hydrogen-bond acceptors (Lipinski definition) is 7. The highest BCUT2D eigenvalue weighted by Gasteiger charge is 2.41. The molecule has 0 spiro atoms. The summed E-state index contributed by atoms with van der Waals surface area (Å²) in [5.41, 5.74) is -2.41. The number of phenolic OH excluding ortho intramolecular Hbond substituents is 1. The number of amides is 1. The number of anilines is 2. The first kappa shape index (κ1) is 32.0. The summed E-state index contributed by atoms with van der Waals surface area (Å²) in [6, 6.07) is 2.26. The molecule has 2 aliphatic rings. The lowest BCUT2D eigenvalue weighted by Gasteiger charge is -2.48. The Hall–Kier alpha value is -4.94. The number of aromatic hydroxyl groups is 1. The summed E-state index contributed by atoms with van der Waals surface area (Å²) in [6.07, 6.45) is 3.15. The molecule has 0 radical (unpaired) electrons. The Morgan fingerprint density at radius 3 is 2.47 bits per heavy atom. The van der Waals surface area contributed by atoms with Gasteiger partial charge in [0.1, 0.15) is 17.1 Å². The van der Waals surface area contributed by atoms with Crippen molar-refractivity contribution in [1.29, 1.82) is 0 Å². The van der Waals surface area contributed by atoms with Gasteiger partial charge in [0.2, 0.25) is 5.91 Å². The van der Waals surface area contributed by atoms with E-state index in [9.17, 15) is 19.1 Å². The van der Waals surface area contributed by atoms with E-state index >= 15 is 13.2 Å². The molecular weight excluding hydrogens is 616 g/mol. The second-order valence-electron chi connectivity index (χ2n) is 12.5. The van der Waals surface area contributed by atoms with Crippen molar-refractivity contribution in [3.05, 3.63) is 82.1 Å². The number of aromatic nitrogens is 3. The van der Waals surface area contributed by atoms with Gasteiger partial charge in [0.05, 0.1) is 39.6 Å². The molecule has 47 heavy (non-hydrogen) atoms. The van der Waals surface area contributed by atoms with E-state index in [0.717, 1.165) is 10.6 Å². The molecule has 6 rings (SSSR count). The summed E-state index contributed by atoms with van der Waals surface area (Å²) in [6.45, 7) is 11.5. The molecular formula is C34H34F4N6O3. The van der Waals surface area contributed by atoms with Crippen LogP contribution in [0.2, 0.25) is 0 Å². The van der Waals surface area contributed by atoms with Crippen molar-refractivity contribution in [1.82, 2.24) is 19.4 Å². The van der Waals surface area contributed by atoms with Crippen LogP contribution in [0.15, 0.2) is 41.8 Å². The number of nitrogens with zero attached hydrogens (tertiary/aromatic N) is 6. The largest absolute Gasteiger partial charge is 0.507 e. The van der Waals surface area contributed by atoms with Crippen molar-refractivity contribution in [2.24, 2.45) is 0 Å². The van der Waals surface area contributed by atoms with E-state index in [0.29, 0.717) is 23.7 Å². The number of pyridine rings is 1. The maximum atomic E-state index is 17.4. The van der Waals surface area contributed by atoms with Crippen molar-refractivity contribution in [3.8, 4) is 22.6 Å². The first-order valence-corrected chi connectivity index (χ1v) is 15.3. The molecule has 1 saturated heterocycles. The number of fused-ring (bicyclic) bond motifs is 2. The van der Waals surface area contributed by atoms with Crippen molar-refractivity contribution in [2.45, 2.75) is 52.1 Å². The van der Waals surface area contributed by atoms with Gasteiger partial charge in [0, 0.05) is 38.9 Å². The number of phenols is 1. The van der Waals surface area contributed by atoms with Crippen LogP contribution in [0.5, 0.6) is 5.75 Å². The zero-order valence-electron chi connectivity index (χ0n) is 26.6. The van der Waals surface area contributed by atoms with Crippen LogP contribution < -0.4 is 15.5 Å². The monoisotopic (exact) mass is 650 g/mol. The van der Waals surface area contributed by atoms with Crippen LogP contribution in [0.1, 0.15) is 44.4 Å². The summed E-state index contributed by atoms with van der Waals surface area (Å²) in [5.74, 6) is -7.14. The van der Waals surface area contributed by atoms with E-state index in [-0.39, 0.29) is 54.0 Å². The molecule has 246 valence electrons. The number of halogens is 4. The Balaban J connectivity index is 1.83. The Morgan fingerprint density at radius 2 is 1.79 bits per heavy atom. The standard InChI is InChI=1S/C34H34F4N6O3/c1-7-22(46)42-14-18(5)43-19(15-42)11-13-41(6)31-25-32(28(38)24(27(31)37)23-21(45)9-8-20(35)26(23)36)44(34(47)40-33(25)43)30-17(4)10-12-39-29(30)16(2)3/h7-10,12,16,18-19,45H,1,11,13-15H2,2-6H3. The smallest absolute Gasteiger partial charge is 0.354 e. The predicted octanol–water partition coefficient (Wildman–Crippen LogP) is 5.57. The van der Waals surface area contributed by atoms with Gasteiger partial charge in [-0.05, 0) is 56.0 Å². The fourth-order valence-corrected chi connectivity index (χ4v) is 6.97. The fourth-order valence-electron chi connectivity index (χ4n) is 6.97. The summed E-state index contributed by atoms with van der Waals surface area (Å²) in [7, 11) is 1.56. The second kappa shape index (κ2) is 11.7. The molecule has 0 bridgehead atoms. The van der Waals surface area contributed by atoms with Gasteiger partial charge in [-0.2, -0.15) is 4.98 Å². The van der Waals surface area contributed by atoms with Crippen LogP contribution in [-0.2, 0) is 4.79 Å². The average molecular weight is 651 g/mol. The van der Waals surface area contributed by atoms with E-state index < -0.39 is 63.4 Å². The van der Waals surface area contributed by atoms with E-state index in [1.54, 1.807) is 31.1 Å². The third kappa shape index (κ3) is 4.90. The third-order valence-electron chi connectivity index (χ3n) is 9.11. The zero-order chi connectivity index (χ0) is 34.1. The molecule has 1 N–H and O–H groups in total. The lowest BCUT2D eigenvalue weighted by atomic mass is 9.94. The quantitative estimate of drug-likeness (QED) is 0.228. The normalized spacial score (nSPS) is 18.0. The van der Waals surface area contributed by atoms with Gasteiger partial charge in [-0.1, -0.05) is 20.4 Å². The van der Waals surface area contributed by atoms with E-state index in [1.807, 2.05) is 25.7 Å². The molecule has 0 saturated carbocycles. The van der Waals surface area contributed by atoms with Crippen LogP contribution in [0.25, 0.3) is 27.7 Å². The molecule has 2 atom stereocenters. The Labute approximate surface area is 268 Å². The molecule has 0 aliphatic carbocycles. The molecule has 13 heteroatoms. The topological polar surface area (TPSA) is 94.8 Å². The summed E-state index contributed by atoms with van der Waals surface area (Å²) >= 11 is 0. The van der Waals surface area contributed by atoms with Crippen LogP contribution in [0, 0.1) is 30.2 Å². The minimum absolute atomic E-state index is 0.00747. The average Bonchev–Trinajstić information content (AvgIpc) is 3.02. The third-order valence-corrected chi connectivity index (χ3v) is 9.11. The van der Waals surface area contributed by atoms with Crippen LogP contribution in [0.4, 0.5) is 29.1 Å². The number of benzene rings is 2. The van der Waals surface area contributed by atoms with Crippen molar-refractivity contribution in [3.63, 3.8) is 0 Å². The number of carbonyl (C=O) groups excluding carboxylic acids is 1. The highest BCUT2D eigenvalue weighted by atomic mass is 19.2. The van der Waals surface area contributed by atoms with E-state index in [2.05, 4.69) is 16.5 Å². The van der Waals surface area contributed by atoms with Crippen molar-refractivity contribution < 1.29 is 27.5 Å². The number of aryl methyl sites for hydroxylation is 1. The Bertz CT molecular complexity index is 2030. The molecule has 2 unspecified atom stereocenters.